The van der Waals surface area contributed by atoms with E-state index < -0.39 is 0 Å². The van der Waals surface area contributed by atoms with Crippen LogP contribution >= 0.6 is 38.9 Å². The lowest BCUT2D eigenvalue weighted by Gasteiger charge is -2.07. The second-order valence-electron chi connectivity index (χ2n) is 4.22. The first-order valence-corrected chi connectivity index (χ1v) is 7.49. The van der Waals surface area contributed by atoms with Crippen LogP contribution in [-0.4, -0.2) is 0 Å². The number of alkyl halides is 1. The summed E-state index contributed by atoms with van der Waals surface area (Å²) in [5, 5.41) is 0. The quantitative estimate of drug-likeness (QED) is 0.641. The molecule has 1 unspecified atom stereocenters. The van der Waals surface area contributed by atoms with Crippen molar-refractivity contribution in [2.24, 2.45) is 0 Å². The Bertz CT molecular complexity index is 537. The van der Waals surface area contributed by atoms with Gasteiger partial charge in [0.25, 0.3) is 0 Å². The second-order valence-corrected chi connectivity index (χ2v) is 6.82. The smallest absolute Gasteiger partial charge is 0.106 e. The lowest BCUT2D eigenvalue weighted by molar-refractivity contribution is 0.500. The van der Waals surface area contributed by atoms with Gasteiger partial charge in [0.2, 0.25) is 0 Å². The van der Waals surface area contributed by atoms with Crippen LogP contribution in [0.15, 0.2) is 10.5 Å². The molecule has 0 aliphatic rings. The number of thiophene rings is 1. The van der Waals surface area contributed by atoms with Gasteiger partial charge in [-0.1, -0.05) is 27.5 Å². The largest absolute Gasteiger partial charge is 0.466 e. The van der Waals surface area contributed by atoms with Gasteiger partial charge in [0.15, 0.2) is 0 Å². The van der Waals surface area contributed by atoms with Crippen LogP contribution in [0.3, 0.4) is 0 Å². The third-order valence-corrected chi connectivity index (χ3v) is 5.87. The predicted octanol–water partition coefficient (Wildman–Crippen LogP) is 5.71. The third kappa shape index (κ3) is 2.33. The molecule has 0 amide bonds. The number of halogens is 2. The summed E-state index contributed by atoms with van der Waals surface area (Å²) < 4.78 is 6.53. The van der Waals surface area contributed by atoms with E-state index in [1.54, 1.807) is 11.3 Å². The molecule has 1 atom stereocenters. The Hall–Kier alpha value is -0.250. The van der Waals surface area contributed by atoms with Crippen LogP contribution in [0.1, 0.15) is 37.9 Å². The highest BCUT2D eigenvalue weighted by molar-refractivity contribution is 9.09. The third-order valence-electron chi connectivity index (χ3n) is 3.00. The van der Waals surface area contributed by atoms with Gasteiger partial charge in [-0.3, -0.25) is 0 Å². The van der Waals surface area contributed by atoms with Gasteiger partial charge in [-0.05, 0) is 44.9 Å². The zero-order valence-electron chi connectivity index (χ0n) is 10.2. The summed E-state index contributed by atoms with van der Waals surface area (Å²) >= 11 is 11.5. The molecule has 17 heavy (non-hydrogen) atoms. The van der Waals surface area contributed by atoms with Gasteiger partial charge in [0.05, 0.1) is 9.16 Å². The molecular weight excluding hydrogens is 320 g/mol. The van der Waals surface area contributed by atoms with E-state index >= 15 is 0 Å². The Labute approximate surface area is 119 Å². The predicted molar refractivity (Wildman–Crippen MR) is 77.8 cm³/mol. The van der Waals surface area contributed by atoms with E-state index in [0.29, 0.717) is 0 Å². The van der Waals surface area contributed by atoms with Crippen molar-refractivity contribution in [1.82, 2.24) is 0 Å². The van der Waals surface area contributed by atoms with Gasteiger partial charge in [-0.25, -0.2) is 0 Å². The van der Waals surface area contributed by atoms with Crippen LogP contribution in [0.4, 0.5) is 0 Å². The molecule has 1 nitrogen and oxygen atoms in total. The molecule has 0 aromatic carbocycles. The van der Waals surface area contributed by atoms with Crippen molar-refractivity contribution in [3.05, 3.63) is 43.5 Å². The molecule has 2 heterocycles. The second kappa shape index (κ2) is 4.79. The van der Waals surface area contributed by atoms with Crippen molar-refractivity contribution >= 4 is 38.9 Å². The maximum Gasteiger partial charge on any atom is 0.106 e. The molecule has 2 aromatic rings. The van der Waals surface area contributed by atoms with Gasteiger partial charge in [0.1, 0.15) is 11.5 Å². The van der Waals surface area contributed by atoms with E-state index in [0.717, 1.165) is 21.4 Å². The molecule has 2 aromatic heterocycles. The lowest BCUT2D eigenvalue weighted by atomic mass is 10.1. The first-order valence-electron chi connectivity index (χ1n) is 5.38. The Morgan fingerprint density at radius 1 is 1.24 bits per heavy atom. The molecule has 4 heteroatoms. The summed E-state index contributed by atoms with van der Waals surface area (Å²) in [6.45, 7) is 8.13. The average molecular weight is 334 g/mol. The maximum absolute atomic E-state index is 6.12. The van der Waals surface area contributed by atoms with Crippen molar-refractivity contribution in [3.63, 3.8) is 0 Å². The highest BCUT2D eigenvalue weighted by Gasteiger charge is 2.22. The van der Waals surface area contributed by atoms with E-state index in [1.807, 2.05) is 20.8 Å². The molecule has 0 bridgehead atoms. The van der Waals surface area contributed by atoms with E-state index in [-0.39, 0.29) is 4.83 Å². The van der Waals surface area contributed by atoms with Crippen LogP contribution in [0.25, 0.3) is 0 Å². The zero-order valence-corrected chi connectivity index (χ0v) is 13.4. The SMILES string of the molecule is Cc1cc(C(Br)c2c(C)oc(C)c2C)sc1Cl. The van der Waals surface area contributed by atoms with E-state index in [9.17, 15) is 0 Å². The number of hydrogen-bond donors (Lipinski definition) is 0. The molecule has 0 aliphatic heterocycles. The highest BCUT2D eigenvalue weighted by Crippen LogP contribution is 2.42. The van der Waals surface area contributed by atoms with Crippen LogP contribution in [0, 0.1) is 27.7 Å². The van der Waals surface area contributed by atoms with Crippen LogP contribution in [0.2, 0.25) is 4.34 Å². The average Bonchev–Trinajstić information content (AvgIpc) is 2.70. The molecule has 2 rings (SSSR count). The van der Waals surface area contributed by atoms with E-state index in [1.165, 1.54) is 16.0 Å². The van der Waals surface area contributed by atoms with Crippen molar-refractivity contribution < 1.29 is 4.42 Å². The minimum absolute atomic E-state index is 0.163. The number of rotatable bonds is 2. The highest BCUT2D eigenvalue weighted by atomic mass is 79.9. The number of hydrogen-bond acceptors (Lipinski definition) is 2. The maximum atomic E-state index is 6.12. The first kappa shape index (κ1) is 13.2. The molecule has 0 spiro atoms. The fraction of sp³-hybridized carbons (Fsp3) is 0.385. The van der Waals surface area contributed by atoms with Crippen LogP contribution in [-0.2, 0) is 0 Å². The zero-order chi connectivity index (χ0) is 12.7. The minimum atomic E-state index is 0.163. The minimum Gasteiger partial charge on any atom is -0.466 e. The topological polar surface area (TPSA) is 13.1 Å². The Morgan fingerprint density at radius 3 is 2.29 bits per heavy atom. The fourth-order valence-corrected chi connectivity index (χ4v) is 4.22. The number of aryl methyl sites for hydroxylation is 3. The Morgan fingerprint density at radius 2 is 1.88 bits per heavy atom. The molecule has 0 fully saturated rings. The summed E-state index contributed by atoms with van der Waals surface area (Å²) in [6.07, 6.45) is 0. The summed E-state index contributed by atoms with van der Waals surface area (Å²) in [5.74, 6) is 1.96. The lowest BCUT2D eigenvalue weighted by Crippen LogP contribution is -1.92. The van der Waals surface area contributed by atoms with Crippen molar-refractivity contribution in [3.8, 4) is 0 Å². The van der Waals surface area contributed by atoms with Crippen molar-refractivity contribution in [1.29, 1.82) is 0 Å². The van der Waals surface area contributed by atoms with E-state index in [4.69, 9.17) is 16.0 Å². The molecule has 0 saturated heterocycles. The Kier molecular flexibility index (Phi) is 3.71. The molecule has 92 valence electrons. The molecule has 0 saturated carbocycles. The summed E-state index contributed by atoms with van der Waals surface area (Å²) in [5.41, 5.74) is 3.57. The standard InChI is InChI=1S/C13H14BrClOS/c1-6-5-10(17-13(6)15)12(14)11-7(2)8(3)16-9(11)4/h5,12H,1-4H3. The molecular formula is C13H14BrClOS. The van der Waals surface area contributed by atoms with Gasteiger partial charge >= 0.3 is 0 Å². The summed E-state index contributed by atoms with van der Waals surface area (Å²) in [6, 6.07) is 2.13. The van der Waals surface area contributed by atoms with Crippen LogP contribution in [0.5, 0.6) is 0 Å². The number of furan rings is 1. The molecule has 0 N–H and O–H groups in total. The fourth-order valence-electron chi connectivity index (χ4n) is 1.93. The van der Waals surface area contributed by atoms with E-state index in [2.05, 4.69) is 28.9 Å². The monoisotopic (exact) mass is 332 g/mol. The Balaban J connectivity index is 2.46. The van der Waals surface area contributed by atoms with Crippen molar-refractivity contribution in [2.45, 2.75) is 32.5 Å². The van der Waals surface area contributed by atoms with Gasteiger partial charge in [-0.2, -0.15) is 0 Å². The van der Waals surface area contributed by atoms with Gasteiger partial charge < -0.3 is 4.42 Å². The van der Waals surface area contributed by atoms with Crippen LogP contribution < -0.4 is 0 Å². The first-order chi connectivity index (χ1) is 7.91. The molecule has 0 aliphatic carbocycles. The summed E-state index contributed by atoms with van der Waals surface area (Å²) in [7, 11) is 0. The summed E-state index contributed by atoms with van der Waals surface area (Å²) in [4.78, 5) is 1.38. The van der Waals surface area contributed by atoms with Gasteiger partial charge in [0, 0.05) is 10.4 Å². The van der Waals surface area contributed by atoms with Gasteiger partial charge in [-0.15, -0.1) is 11.3 Å². The van der Waals surface area contributed by atoms with Crippen molar-refractivity contribution in [2.75, 3.05) is 0 Å². The molecule has 0 radical (unpaired) electrons. The normalized spacial score (nSPS) is 13.1.